The van der Waals surface area contributed by atoms with Crippen LogP contribution in [0, 0.1) is 11.6 Å². The third kappa shape index (κ3) is 5.16. The lowest BCUT2D eigenvalue weighted by atomic mass is 10.2. The van der Waals surface area contributed by atoms with Gasteiger partial charge in [-0.25, -0.2) is 17.2 Å². The first kappa shape index (κ1) is 19.6. The number of anilines is 2. The van der Waals surface area contributed by atoms with Gasteiger partial charge in [0.2, 0.25) is 15.9 Å². The molecule has 140 valence electrons. The molecule has 0 radical (unpaired) electrons. The number of hydrogen-bond acceptors (Lipinski definition) is 4. The van der Waals surface area contributed by atoms with Gasteiger partial charge in [0.15, 0.2) is 11.6 Å². The number of rotatable bonds is 7. The average molecular weight is 384 g/mol. The highest BCUT2D eigenvalue weighted by Gasteiger charge is 2.20. The van der Waals surface area contributed by atoms with Gasteiger partial charge in [0.25, 0.3) is 0 Å². The maximum atomic E-state index is 13.4. The molecule has 0 saturated carbocycles. The van der Waals surface area contributed by atoms with Crippen molar-refractivity contribution in [3.05, 3.63) is 54.1 Å². The molecule has 0 aliphatic heterocycles. The number of ether oxygens (including phenoxy) is 1. The largest absolute Gasteiger partial charge is 0.497 e. The number of carbonyl (C=O) groups excluding carboxylic acids is 1. The second-order valence-corrected chi connectivity index (χ2v) is 7.37. The summed E-state index contributed by atoms with van der Waals surface area (Å²) in [7, 11) is -2.26. The van der Waals surface area contributed by atoms with E-state index in [1.807, 2.05) is 0 Å². The number of methoxy groups -OCH3 is 1. The molecule has 2 aromatic carbocycles. The Bertz CT molecular complexity index is 886. The number of halogens is 2. The predicted molar refractivity (Wildman–Crippen MR) is 94.8 cm³/mol. The summed E-state index contributed by atoms with van der Waals surface area (Å²) in [6.07, 6.45) is 0.758. The molecule has 0 fully saturated rings. The van der Waals surface area contributed by atoms with Crippen LogP contribution in [-0.2, 0) is 14.8 Å². The van der Waals surface area contributed by atoms with Crippen LogP contribution < -0.4 is 14.4 Å². The van der Waals surface area contributed by atoms with Gasteiger partial charge >= 0.3 is 0 Å². The van der Waals surface area contributed by atoms with Gasteiger partial charge in [-0.05, 0) is 36.4 Å². The number of benzene rings is 2. The minimum atomic E-state index is -3.78. The van der Waals surface area contributed by atoms with Crippen molar-refractivity contribution in [2.75, 3.05) is 29.5 Å². The molecule has 0 aliphatic rings. The molecule has 6 nitrogen and oxygen atoms in total. The molecule has 2 aromatic rings. The fraction of sp³-hybridized carbons (Fsp3) is 0.235. The molecular formula is C17H18F2N2O4S. The number of nitrogens with zero attached hydrogens (tertiary/aromatic N) is 1. The predicted octanol–water partition coefficient (Wildman–Crippen LogP) is 2.77. The summed E-state index contributed by atoms with van der Waals surface area (Å²) in [5.41, 5.74) is 0.471. The number of carbonyl (C=O) groups is 1. The lowest BCUT2D eigenvalue weighted by Crippen LogP contribution is -2.33. The van der Waals surface area contributed by atoms with E-state index < -0.39 is 27.6 Å². The Morgan fingerprint density at radius 2 is 1.77 bits per heavy atom. The van der Waals surface area contributed by atoms with Crippen LogP contribution in [0.4, 0.5) is 20.2 Å². The highest BCUT2D eigenvalue weighted by atomic mass is 32.2. The van der Waals surface area contributed by atoms with E-state index in [9.17, 15) is 22.0 Å². The lowest BCUT2D eigenvalue weighted by molar-refractivity contribution is -0.116. The van der Waals surface area contributed by atoms with Crippen LogP contribution in [0.15, 0.2) is 42.5 Å². The van der Waals surface area contributed by atoms with Crippen LogP contribution in [0.3, 0.4) is 0 Å². The zero-order valence-electron chi connectivity index (χ0n) is 14.2. The minimum absolute atomic E-state index is 0.0522. The van der Waals surface area contributed by atoms with Crippen molar-refractivity contribution < 1.29 is 26.7 Å². The molecule has 2 rings (SSSR count). The van der Waals surface area contributed by atoms with E-state index in [4.69, 9.17) is 4.74 Å². The first-order chi connectivity index (χ1) is 12.2. The Balaban J connectivity index is 2.06. The van der Waals surface area contributed by atoms with Crippen LogP contribution in [-0.4, -0.2) is 34.2 Å². The SMILES string of the molecule is COc1ccc(NC(=O)CCN(c2ccc(F)c(F)c2)S(C)(=O)=O)cc1. The van der Waals surface area contributed by atoms with Crippen LogP contribution in [0.1, 0.15) is 6.42 Å². The van der Waals surface area contributed by atoms with Crippen molar-refractivity contribution in [1.29, 1.82) is 0 Å². The van der Waals surface area contributed by atoms with E-state index in [1.54, 1.807) is 24.3 Å². The molecule has 1 amide bonds. The summed E-state index contributed by atoms with van der Waals surface area (Å²) >= 11 is 0. The van der Waals surface area contributed by atoms with Crippen LogP contribution in [0.2, 0.25) is 0 Å². The fourth-order valence-electron chi connectivity index (χ4n) is 2.23. The van der Waals surface area contributed by atoms with E-state index in [-0.39, 0.29) is 18.7 Å². The maximum Gasteiger partial charge on any atom is 0.232 e. The Kier molecular flexibility index (Phi) is 6.14. The van der Waals surface area contributed by atoms with Gasteiger partial charge < -0.3 is 10.1 Å². The average Bonchev–Trinajstić information content (AvgIpc) is 2.57. The van der Waals surface area contributed by atoms with E-state index in [0.717, 1.165) is 28.8 Å². The molecule has 0 saturated heterocycles. The Hall–Kier alpha value is -2.68. The molecule has 9 heteroatoms. The van der Waals surface area contributed by atoms with Gasteiger partial charge in [0, 0.05) is 24.7 Å². The molecule has 0 bridgehead atoms. The number of sulfonamides is 1. The van der Waals surface area contributed by atoms with Crippen molar-refractivity contribution in [2.45, 2.75) is 6.42 Å². The Labute approximate surface area is 150 Å². The molecule has 0 heterocycles. The van der Waals surface area contributed by atoms with Crippen LogP contribution in [0.25, 0.3) is 0 Å². The van der Waals surface area contributed by atoms with Gasteiger partial charge in [0.1, 0.15) is 5.75 Å². The number of hydrogen-bond donors (Lipinski definition) is 1. The summed E-state index contributed by atoms with van der Waals surface area (Å²) in [4.78, 5) is 12.1. The van der Waals surface area contributed by atoms with Gasteiger partial charge in [-0.1, -0.05) is 0 Å². The zero-order valence-corrected chi connectivity index (χ0v) is 15.0. The lowest BCUT2D eigenvalue weighted by Gasteiger charge is -2.22. The highest BCUT2D eigenvalue weighted by molar-refractivity contribution is 7.92. The van der Waals surface area contributed by atoms with Gasteiger partial charge in [-0.3, -0.25) is 9.10 Å². The second-order valence-electron chi connectivity index (χ2n) is 5.46. The Morgan fingerprint density at radius 3 is 2.31 bits per heavy atom. The van der Waals surface area contributed by atoms with Crippen LogP contribution in [0.5, 0.6) is 5.75 Å². The summed E-state index contributed by atoms with van der Waals surface area (Å²) < 4.78 is 56.2. The molecule has 0 spiro atoms. The smallest absolute Gasteiger partial charge is 0.232 e. The highest BCUT2D eigenvalue weighted by Crippen LogP contribution is 2.21. The summed E-state index contributed by atoms with van der Waals surface area (Å²) in [6, 6.07) is 9.36. The van der Waals surface area contributed by atoms with Gasteiger partial charge in [0.05, 0.1) is 19.1 Å². The van der Waals surface area contributed by atoms with Gasteiger partial charge in [-0.2, -0.15) is 0 Å². The maximum absolute atomic E-state index is 13.4. The van der Waals surface area contributed by atoms with Crippen LogP contribution >= 0.6 is 0 Å². The minimum Gasteiger partial charge on any atom is -0.497 e. The van der Waals surface area contributed by atoms with E-state index in [1.165, 1.54) is 7.11 Å². The molecule has 0 atom stereocenters. The topological polar surface area (TPSA) is 75.7 Å². The number of amides is 1. The quantitative estimate of drug-likeness (QED) is 0.797. The number of nitrogens with one attached hydrogen (secondary N) is 1. The monoisotopic (exact) mass is 384 g/mol. The summed E-state index contributed by atoms with van der Waals surface area (Å²) in [5.74, 6) is -2.05. The fourth-order valence-corrected chi connectivity index (χ4v) is 3.15. The molecule has 0 aromatic heterocycles. The molecule has 0 aliphatic carbocycles. The normalized spacial score (nSPS) is 11.1. The molecule has 26 heavy (non-hydrogen) atoms. The molecule has 1 N–H and O–H groups in total. The summed E-state index contributed by atoms with van der Waals surface area (Å²) in [6.45, 7) is -0.216. The van der Waals surface area contributed by atoms with E-state index in [2.05, 4.69) is 5.32 Å². The van der Waals surface area contributed by atoms with E-state index >= 15 is 0 Å². The molecule has 0 unspecified atom stereocenters. The van der Waals surface area contributed by atoms with Gasteiger partial charge in [-0.15, -0.1) is 0 Å². The van der Waals surface area contributed by atoms with Crippen molar-refractivity contribution in [3.8, 4) is 5.75 Å². The summed E-state index contributed by atoms with van der Waals surface area (Å²) in [5, 5.41) is 2.62. The second kappa shape index (κ2) is 8.13. The first-order valence-electron chi connectivity index (χ1n) is 7.57. The van der Waals surface area contributed by atoms with Crippen molar-refractivity contribution in [2.24, 2.45) is 0 Å². The van der Waals surface area contributed by atoms with Crippen molar-refractivity contribution in [3.63, 3.8) is 0 Å². The molecular weight excluding hydrogens is 366 g/mol. The zero-order chi connectivity index (χ0) is 19.3. The standard InChI is InChI=1S/C17H18F2N2O4S/c1-25-14-6-3-12(4-7-14)20-17(22)9-10-21(26(2,23)24)13-5-8-15(18)16(19)11-13/h3-8,11H,9-10H2,1-2H3,(H,20,22). The third-order valence-electron chi connectivity index (χ3n) is 3.51. The Morgan fingerprint density at radius 1 is 1.12 bits per heavy atom. The van der Waals surface area contributed by atoms with E-state index in [0.29, 0.717) is 11.4 Å². The first-order valence-corrected chi connectivity index (χ1v) is 9.42. The van der Waals surface area contributed by atoms with Crippen molar-refractivity contribution >= 4 is 27.3 Å². The third-order valence-corrected chi connectivity index (χ3v) is 4.70. The van der Waals surface area contributed by atoms with Crippen molar-refractivity contribution in [1.82, 2.24) is 0 Å².